The van der Waals surface area contributed by atoms with Crippen molar-refractivity contribution in [1.82, 2.24) is 0 Å². The lowest BCUT2D eigenvalue weighted by molar-refractivity contribution is -0.134. The average molecular weight is 266 g/mol. The number of hydrogen-bond donors (Lipinski definition) is 2. The fourth-order valence-electron chi connectivity index (χ4n) is 0.499. The standard InChI is InChI=1S/C10H14O.C4H4O4/c1-9(2)5-7-11-8-6-10(3)4;5-3(6)1-2-4(7)8/h5-8H,1,3H2,2,4H3;1-2H,(H,5,6)(H,7,8)/b;2-1-. The number of carbonyl (C=O) groups is 2. The van der Waals surface area contributed by atoms with Gasteiger partial charge in [0.05, 0.1) is 12.5 Å². The molecule has 0 aliphatic carbocycles. The molecule has 0 saturated heterocycles. The minimum atomic E-state index is -1.26. The molecule has 0 amide bonds. The van der Waals surface area contributed by atoms with Gasteiger partial charge in [-0.3, -0.25) is 0 Å². The maximum Gasteiger partial charge on any atom is 0.328 e. The lowest BCUT2D eigenvalue weighted by Crippen LogP contribution is -1.91. The van der Waals surface area contributed by atoms with E-state index in [1.165, 1.54) is 0 Å². The fraction of sp³-hybridized carbons (Fsp3) is 0.143. The van der Waals surface area contributed by atoms with Crippen LogP contribution in [0.2, 0.25) is 0 Å². The molecule has 0 unspecified atom stereocenters. The molecule has 0 radical (unpaired) electrons. The minimum Gasteiger partial charge on any atom is -0.478 e. The van der Waals surface area contributed by atoms with Crippen LogP contribution in [-0.2, 0) is 14.3 Å². The third-order valence-corrected chi connectivity index (χ3v) is 1.23. The average Bonchev–Trinajstić information content (AvgIpc) is 2.26. The smallest absolute Gasteiger partial charge is 0.328 e. The van der Waals surface area contributed by atoms with Gasteiger partial charge in [-0.05, 0) is 26.0 Å². The number of hydrogen-bond acceptors (Lipinski definition) is 3. The molecule has 0 aromatic carbocycles. The van der Waals surface area contributed by atoms with Gasteiger partial charge in [-0.1, -0.05) is 24.3 Å². The normalized spacial score (nSPS) is 10.2. The highest BCUT2D eigenvalue weighted by molar-refractivity contribution is 5.89. The molecule has 0 spiro atoms. The number of rotatable bonds is 6. The van der Waals surface area contributed by atoms with Crippen LogP contribution in [0.5, 0.6) is 0 Å². The van der Waals surface area contributed by atoms with Crippen LogP contribution in [0.4, 0.5) is 0 Å². The van der Waals surface area contributed by atoms with Gasteiger partial charge in [0, 0.05) is 12.2 Å². The Morgan fingerprint density at radius 1 is 0.842 bits per heavy atom. The van der Waals surface area contributed by atoms with Gasteiger partial charge in [-0.2, -0.15) is 0 Å². The van der Waals surface area contributed by atoms with Crippen molar-refractivity contribution in [2.24, 2.45) is 0 Å². The van der Waals surface area contributed by atoms with E-state index in [-0.39, 0.29) is 0 Å². The number of allylic oxidation sites excluding steroid dienone is 4. The van der Waals surface area contributed by atoms with E-state index in [2.05, 4.69) is 13.2 Å². The van der Waals surface area contributed by atoms with E-state index in [4.69, 9.17) is 14.9 Å². The number of carboxylic acid groups (broad SMARTS) is 2. The summed E-state index contributed by atoms with van der Waals surface area (Å²) in [6.45, 7) is 11.2. The molecular weight excluding hydrogens is 248 g/mol. The quantitative estimate of drug-likeness (QED) is 0.438. The van der Waals surface area contributed by atoms with Gasteiger partial charge in [0.2, 0.25) is 0 Å². The molecule has 2 N–H and O–H groups in total. The van der Waals surface area contributed by atoms with Crippen molar-refractivity contribution >= 4 is 11.9 Å². The van der Waals surface area contributed by atoms with Gasteiger partial charge < -0.3 is 14.9 Å². The molecule has 0 fully saturated rings. The molecule has 0 aliphatic heterocycles. The van der Waals surface area contributed by atoms with Gasteiger partial charge in [0.15, 0.2) is 0 Å². The van der Waals surface area contributed by atoms with E-state index in [0.29, 0.717) is 12.2 Å². The summed E-state index contributed by atoms with van der Waals surface area (Å²) in [5.41, 5.74) is 1.93. The minimum absolute atomic E-state index is 0.558. The van der Waals surface area contributed by atoms with Gasteiger partial charge in [0.25, 0.3) is 0 Å². The highest BCUT2D eigenvalue weighted by Crippen LogP contribution is 1.92. The van der Waals surface area contributed by atoms with Gasteiger partial charge in [0.1, 0.15) is 0 Å². The van der Waals surface area contributed by atoms with Gasteiger partial charge in [-0.15, -0.1) is 0 Å². The SMILES string of the molecule is C=C(C)C=COC=CC(=C)C.O=C(O)/C=C\C(=O)O. The summed E-state index contributed by atoms with van der Waals surface area (Å²) in [4.78, 5) is 19.1. The summed E-state index contributed by atoms with van der Waals surface area (Å²) in [5, 5.41) is 15.6. The summed E-state index contributed by atoms with van der Waals surface area (Å²) in [6.07, 6.45) is 7.87. The molecule has 0 aromatic heterocycles. The molecule has 19 heavy (non-hydrogen) atoms. The first-order valence-corrected chi connectivity index (χ1v) is 5.19. The van der Waals surface area contributed by atoms with Crippen LogP contribution in [0.3, 0.4) is 0 Å². The Labute approximate surface area is 112 Å². The third-order valence-electron chi connectivity index (χ3n) is 1.23. The summed E-state index contributed by atoms with van der Waals surface area (Å²) in [7, 11) is 0. The number of ether oxygens (including phenoxy) is 1. The Hall–Kier alpha value is -2.56. The first-order valence-electron chi connectivity index (χ1n) is 5.19. The summed E-state index contributed by atoms with van der Waals surface area (Å²) in [6, 6.07) is 0. The van der Waals surface area contributed by atoms with Crippen LogP contribution < -0.4 is 0 Å². The molecule has 0 aliphatic rings. The fourth-order valence-corrected chi connectivity index (χ4v) is 0.499. The second kappa shape index (κ2) is 11.9. The second-order valence-electron chi connectivity index (χ2n) is 3.44. The molecule has 0 saturated carbocycles. The highest BCUT2D eigenvalue weighted by Gasteiger charge is 1.88. The Balaban J connectivity index is 0. The summed E-state index contributed by atoms with van der Waals surface area (Å²) < 4.78 is 4.97. The first kappa shape index (κ1) is 18.8. The van der Waals surface area contributed by atoms with E-state index in [9.17, 15) is 9.59 Å². The highest BCUT2D eigenvalue weighted by atomic mass is 16.5. The van der Waals surface area contributed by atoms with Crippen molar-refractivity contribution in [3.63, 3.8) is 0 Å². The maximum absolute atomic E-state index is 9.55. The van der Waals surface area contributed by atoms with Crippen molar-refractivity contribution in [3.05, 3.63) is 61.1 Å². The zero-order valence-electron chi connectivity index (χ0n) is 11.0. The van der Waals surface area contributed by atoms with Crippen molar-refractivity contribution in [2.45, 2.75) is 13.8 Å². The lowest BCUT2D eigenvalue weighted by Gasteiger charge is -1.89. The topological polar surface area (TPSA) is 83.8 Å². The predicted molar refractivity (Wildman–Crippen MR) is 73.4 cm³/mol. The van der Waals surface area contributed by atoms with E-state index in [1.807, 2.05) is 13.8 Å². The van der Waals surface area contributed by atoms with Crippen molar-refractivity contribution in [2.75, 3.05) is 0 Å². The Morgan fingerprint density at radius 3 is 1.37 bits per heavy atom. The molecule has 0 bridgehead atoms. The van der Waals surface area contributed by atoms with Crippen LogP contribution in [-0.4, -0.2) is 22.2 Å². The van der Waals surface area contributed by atoms with E-state index in [0.717, 1.165) is 11.1 Å². The zero-order chi connectivity index (χ0) is 15.3. The van der Waals surface area contributed by atoms with Gasteiger partial charge in [-0.25, -0.2) is 9.59 Å². The van der Waals surface area contributed by atoms with Crippen molar-refractivity contribution in [1.29, 1.82) is 0 Å². The monoisotopic (exact) mass is 266 g/mol. The van der Waals surface area contributed by atoms with Crippen molar-refractivity contribution in [3.8, 4) is 0 Å². The van der Waals surface area contributed by atoms with E-state index >= 15 is 0 Å². The number of carboxylic acids is 2. The molecule has 5 heteroatoms. The molecule has 5 nitrogen and oxygen atoms in total. The third kappa shape index (κ3) is 25.6. The van der Waals surface area contributed by atoms with E-state index < -0.39 is 11.9 Å². The number of aliphatic carboxylic acids is 2. The largest absolute Gasteiger partial charge is 0.478 e. The summed E-state index contributed by atoms with van der Waals surface area (Å²) in [5.74, 6) is -2.51. The zero-order valence-corrected chi connectivity index (χ0v) is 11.0. The van der Waals surface area contributed by atoms with Crippen LogP contribution in [0.25, 0.3) is 0 Å². The summed E-state index contributed by atoms with van der Waals surface area (Å²) >= 11 is 0. The molecule has 0 aromatic rings. The molecule has 0 atom stereocenters. The molecular formula is C14H18O5. The van der Waals surface area contributed by atoms with E-state index in [1.54, 1.807) is 24.7 Å². The van der Waals surface area contributed by atoms with Crippen LogP contribution in [0.1, 0.15) is 13.8 Å². The van der Waals surface area contributed by atoms with Gasteiger partial charge >= 0.3 is 11.9 Å². The van der Waals surface area contributed by atoms with Crippen LogP contribution in [0, 0.1) is 0 Å². The van der Waals surface area contributed by atoms with Crippen molar-refractivity contribution < 1.29 is 24.5 Å². The second-order valence-corrected chi connectivity index (χ2v) is 3.44. The maximum atomic E-state index is 9.55. The lowest BCUT2D eigenvalue weighted by atomic mass is 10.3. The predicted octanol–water partition coefficient (Wildman–Crippen LogP) is 2.89. The Morgan fingerprint density at radius 2 is 1.16 bits per heavy atom. The Bertz CT molecular complexity index is 376. The van der Waals surface area contributed by atoms with Crippen LogP contribution >= 0.6 is 0 Å². The Kier molecular flexibility index (Phi) is 11.8. The van der Waals surface area contributed by atoms with Crippen LogP contribution in [0.15, 0.2) is 61.1 Å². The molecule has 104 valence electrons. The first-order chi connectivity index (χ1) is 8.75. The molecule has 0 heterocycles. The molecule has 0 rings (SSSR count).